The Morgan fingerprint density at radius 3 is 2.54 bits per heavy atom. The van der Waals surface area contributed by atoms with Gasteiger partial charge in [-0.15, -0.1) is 23.7 Å². The molecule has 0 aromatic carbocycles. The lowest BCUT2D eigenvalue weighted by molar-refractivity contribution is 0.0957. The lowest BCUT2D eigenvalue weighted by Gasteiger charge is -2.06. The summed E-state index contributed by atoms with van der Waals surface area (Å²) in [6, 6.07) is 0. The molecule has 2 N–H and O–H groups in total. The smallest absolute Gasteiger partial charge is 0.261 e. The van der Waals surface area contributed by atoms with Crippen molar-refractivity contribution in [2.45, 2.75) is 13.5 Å². The molecule has 146 valence electrons. The fraction of sp³-hybridized carbons (Fsp3) is 0.562. The normalized spacial score (nSPS) is 10.6. The molecule has 0 aliphatic rings. The van der Waals surface area contributed by atoms with Crippen LogP contribution in [0.15, 0.2) is 0 Å². The summed E-state index contributed by atoms with van der Waals surface area (Å²) < 4.78 is 15.4. The van der Waals surface area contributed by atoms with Crippen molar-refractivity contribution in [2.75, 3.05) is 47.6 Å². The highest BCUT2D eigenvalue weighted by molar-refractivity contribution is 7.20. The summed E-state index contributed by atoms with van der Waals surface area (Å²) in [5.41, 5.74) is 0.825. The third-order valence-corrected chi connectivity index (χ3v) is 4.73. The zero-order chi connectivity index (χ0) is 18.2. The highest BCUT2D eigenvalue weighted by atomic mass is 35.5. The van der Waals surface area contributed by atoms with Gasteiger partial charge < -0.3 is 24.8 Å². The first-order chi connectivity index (χ1) is 12.1. The van der Waals surface area contributed by atoms with E-state index in [2.05, 4.69) is 20.6 Å². The van der Waals surface area contributed by atoms with Crippen molar-refractivity contribution >= 4 is 39.9 Å². The molecule has 10 heteroatoms. The second-order valence-corrected chi connectivity index (χ2v) is 6.32. The molecule has 8 nitrogen and oxygen atoms in total. The molecule has 2 heterocycles. The van der Waals surface area contributed by atoms with E-state index in [-0.39, 0.29) is 24.9 Å². The van der Waals surface area contributed by atoms with Crippen molar-refractivity contribution in [3.05, 3.63) is 16.3 Å². The van der Waals surface area contributed by atoms with Crippen molar-refractivity contribution in [2.24, 2.45) is 0 Å². The summed E-state index contributed by atoms with van der Waals surface area (Å²) in [5.74, 6) is 0.873. The standard InChI is InChI=1S/C16H24N4O4S.ClH/c1-10-12-15(24-4)19-11(9-23-3)20-16(12)25-13(10)14(21)18-6-5-17-7-8-22-2;/h17H,5-9H2,1-4H3,(H,18,21);1H. The van der Waals surface area contributed by atoms with Crippen LogP contribution in [-0.2, 0) is 16.1 Å². The Kier molecular flexibility index (Phi) is 9.74. The Hall–Kier alpha value is -1.52. The number of nitrogens with zero attached hydrogens (tertiary/aromatic N) is 2. The maximum Gasteiger partial charge on any atom is 0.261 e. The predicted molar refractivity (Wildman–Crippen MR) is 104 cm³/mol. The van der Waals surface area contributed by atoms with Gasteiger partial charge in [0, 0.05) is 33.9 Å². The van der Waals surface area contributed by atoms with E-state index in [4.69, 9.17) is 14.2 Å². The molecule has 0 saturated carbocycles. The topological polar surface area (TPSA) is 94.6 Å². The van der Waals surface area contributed by atoms with Gasteiger partial charge in [0.1, 0.15) is 11.4 Å². The van der Waals surface area contributed by atoms with E-state index in [9.17, 15) is 4.79 Å². The van der Waals surface area contributed by atoms with Crippen molar-refractivity contribution in [1.82, 2.24) is 20.6 Å². The van der Waals surface area contributed by atoms with Crippen molar-refractivity contribution < 1.29 is 19.0 Å². The number of hydrogen-bond acceptors (Lipinski definition) is 8. The average Bonchev–Trinajstić information content (AvgIpc) is 2.94. The molecule has 0 aliphatic carbocycles. The van der Waals surface area contributed by atoms with Crippen LogP contribution in [0.1, 0.15) is 21.1 Å². The molecule has 0 fully saturated rings. The summed E-state index contributed by atoms with van der Waals surface area (Å²) in [4.78, 5) is 22.6. The van der Waals surface area contributed by atoms with E-state index in [1.165, 1.54) is 11.3 Å². The number of thiophene rings is 1. The number of nitrogens with one attached hydrogen (secondary N) is 2. The van der Waals surface area contributed by atoms with Gasteiger partial charge in [-0.3, -0.25) is 4.79 Å². The fourth-order valence-electron chi connectivity index (χ4n) is 2.35. The van der Waals surface area contributed by atoms with Crippen LogP contribution in [-0.4, -0.2) is 63.4 Å². The highest BCUT2D eigenvalue weighted by Crippen LogP contribution is 2.34. The van der Waals surface area contributed by atoms with Crippen LogP contribution in [0.4, 0.5) is 0 Å². The number of hydrogen-bond donors (Lipinski definition) is 2. The highest BCUT2D eigenvalue weighted by Gasteiger charge is 2.20. The Bertz CT molecular complexity index is 726. The molecule has 26 heavy (non-hydrogen) atoms. The Morgan fingerprint density at radius 2 is 1.88 bits per heavy atom. The minimum Gasteiger partial charge on any atom is -0.480 e. The van der Waals surface area contributed by atoms with Crippen LogP contribution in [0, 0.1) is 6.92 Å². The Balaban J connectivity index is 0.00000338. The molecule has 1 amide bonds. The van der Waals surface area contributed by atoms with E-state index in [1.54, 1.807) is 21.3 Å². The van der Waals surface area contributed by atoms with Crippen LogP contribution in [0.3, 0.4) is 0 Å². The predicted octanol–water partition coefficient (Wildman–Crippen LogP) is 1.54. The summed E-state index contributed by atoms with van der Waals surface area (Å²) in [5, 5.41) is 6.86. The monoisotopic (exact) mass is 404 g/mol. The zero-order valence-electron chi connectivity index (χ0n) is 15.4. The second kappa shape index (κ2) is 11.2. The molecule has 0 bridgehead atoms. The maximum atomic E-state index is 12.5. The molecule has 0 atom stereocenters. The van der Waals surface area contributed by atoms with Gasteiger partial charge in [0.05, 0.1) is 24.0 Å². The van der Waals surface area contributed by atoms with Crippen LogP contribution < -0.4 is 15.4 Å². The minimum atomic E-state index is -0.121. The number of ether oxygens (including phenoxy) is 3. The Labute approximate surface area is 163 Å². The summed E-state index contributed by atoms with van der Waals surface area (Å²) >= 11 is 1.33. The molecule has 0 saturated heterocycles. The van der Waals surface area contributed by atoms with Crippen LogP contribution >= 0.6 is 23.7 Å². The SMILES string of the molecule is COCCNCCNC(=O)c1sc2nc(COC)nc(OC)c2c1C.Cl. The van der Waals surface area contributed by atoms with Crippen LogP contribution in [0.25, 0.3) is 10.2 Å². The van der Waals surface area contributed by atoms with Crippen molar-refractivity contribution in [3.63, 3.8) is 0 Å². The molecule has 0 unspecified atom stereocenters. The number of amides is 1. The van der Waals surface area contributed by atoms with Gasteiger partial charge in [-0.05, 0) is 12.5 Å². The molecule has 0 radical (unpaired) electrons. The van der Waals surface area contributed by atoms with E-state index >= 15 is 0 Å². The Morgan fingerprint density at radius 1 is 1.12 bits per heavy atom. The average molecular weight is 405 g/mol. The molecule has 2 rings (SSSR count). The molecular weight excluding hydrogens is 380 g/mol. The molecule has 0 spiro atoms. The van der Waals surface area contributed by atoms with Crippen LogP contribution in [0.2, 0.25) is 0 Å². The summed E-state index contributed by atoms with van der Waals surface area (Å²) in [7, 11) is 4.79. The second-order valence-electron chi connectivity index (χ2n) is 5.32. The summed E-state index contributed by atoms with van der Waals surface area (Å²) in [6.45, 7) is 4.79. The van der Waals surface area contributed by atoms with Gasteiger partial charge in [0.25, 0.3) is 5.91 Å². The third-order valence-electron chi connectivity index (χ3n) is 3.55. The number of carbonyl (C=O) groups excluding carboxylic acids is 1. The first-order valence-electron chi connectivity index (χ1n) is 7.93. The number of rotatable bonds is 10. The molecular formula is C16H25ClN4O4S. The van der Waals surface area contributed by atoms with Gasteiger partial charge >= 0.3 is 0 Å². The third kappa shape index (κ3) is 5.49. The lowest BCUT2D eigenvalue weighted by atomic mass is 10.2. The first kappa shape index (κ1) is 22.5. The van der Waals surface area contributed by atoms with Gasteiger partial charge in [0.2, 0.25) is 5.88 Å². The van der Waals surface area contributed by atoms with Gasteiger partial charge in [0.15, 0.2) is 5.82 Å². The number of methoxy groups -OCH3 is 3. The number of aryl methyl sites for hydroxylation is 1. The van der Waals surface area contributed by atoms with E-state index in [0.29, 0.717) is 36.3 Å². The van der Waals surface area contributed by atoms with Gasteiger partial charge in [-0.1, -0.05) is 0 Å². The van der Waals surface area contributed by atoms with E-state index in [0.717, 1.165) is 22.3 Å². The number of carbonyl (C=O) groups is 1. The molecule has 0 aliphatic heterocycles. The number of fused-ring (bicyclic) bond motifs is 1. The van der Waals surface area contributed by atoms with E-state index < -0.39 is 0 Å². The van der Waals surface area contributed by atoms with Gasteiger partial charge in [-0.2, -0.15) is 4.98 Å². The lowest BCUT2D eigenvalue weighted by Crippen LogP contribution is -2.32. The largest absolute Gasteiger partial charge is 0.480 e. The number of halogens is 1. The summed E-state index contributed by atoms with van der Waals surface area (Å²) in [6.07, 6.45) is 0. The van der Waals surface area contributed by atoms with Crippen LogP contribution in [0.5, 0.6) is 5.88 Å². The minimum absolute atomic E-state index is 0. The fourth-order valence-corrected chi connectivity index (χ4v) is 3.45. The molecule has 2 aromatic rings. The first-order valence-corrected chi connectivity index (χ1v) is 8.74. The van der Waals surface area contributed by atoms with Crippen molar-refractivity contribution in [3.8, 4) is 5.88 Å². The number of aromatic nitrogens is 2. The quantitative estimate of drug-likeness (QED) is 0.580. The van der Waals surface area contributed by atoms with E-state index in [1.807, 2.05) is 6.92 Å². The zero-order valence-corrected chi connectivity index (χ0v) is 17.0. The molecule has 2 aromatic heterocycles. The van der Waals surface area contributed by atoms with Gasteiger partial charge in [-0.25, -0.2) is 4.98 Å². The van der Waals surface area contributed by atoms with Crippen molar-refractivity contribution in [1.29, 1.82) is 0 Å². The maximum absolute atomic E-state index is 12.5.